The van der Waals surface area contributed by atoms with Gasteiger partial charge in [0.2, 0.25) is 11.0 Å². The van der Waals surface area contributed by atoms with Crippen LogP contribution in [0.25, 0.3) is 0 Å². The lowest BCUT2D eigenvalue weighted by molar-refractivity contribution is -0.113. The minimum Gasteiger partial charge on any atom is -0.363 e. The Hall–Kier alpha value is -1.61. The molecule has 2 N–H and O–H groups in total. The lowest BCUT2D eigenvalue weighted by atomic mass is 10.3. The predicted molar refractivity (Wildman–Crippen MR) is 79.2 cm³/mol. The van der Waals surface area contributed by atoms with Crippen LogP contribution in [-0.4, -0.2) is 33.6 Å². The number of amides is 1. The molecule has 0 aliphatic rings. The number of nitrogens with one attached hydrogen (secondary N) is 2. The monoisotopic (exact) mass is 313 g/mol. The van der Waals surface area contributed by atoms with Crippen molar-refractivity contribution in [1.82, 2.24) is 15.4 Å². The summed E-state index contributed by atoms with van der Waals surface area (Å²) in [4.78, 5) is 11.6. The van der Waals surface area contributed by atoms with E-state index < -0.39 is 0 Å². The van der Waals surface area contributed by atoms with Crippen LogP contribution in [0.2, 0.25) is 0 Å². The van der Waals surface area contributed by atoms with Gasteiger partial charge in [-0.2, -0.15) is 0 Å². The van der Waals surface area contributed by atoms with Gasteiger partial charge in [-0.05, 0) is 6.42 Å². The van der Waals surface area contributed by atoms with Crippen LogP contribution < -0.4 is 10.6 Å². The van der Waals surface area contributed by atoms with Crippen molar-refractivity contribution in [3.8, 4) is 0 Å². The van der Waals surface area contributed by atoms with E-state index in [1.165, 1.54) is 29.4 Å². The maximum atomic E-state index is 11.6. The van der Waals surface area contributed by atoms with Crippen LogP contribution in [0.1, 0.15) is 19.8 Å². The Morgan fingerprint density at radius 2 is 2.40 bits per heavy atom. The Bertz CT molecular complexity index is 529. The third-order valence-electron chi connectivity index (χ3n) is 2.25. The van der Waals surface area contributed by atoms with Crippen molar-refractivity contribution >= 4 is 40.0 Å². The Labute approximate surface area is 124 Å². The van der Waals surface area contributed by atoms with Crippen molar-refractivity contribution in [3.63, 3.8) is 0 Å². The molecule has 0 aliphatic carbocycles. The highest BCUT2D eigenvalue weighted by atomic mass is 32.2. The molecule has 2 rings (SSSR count). The molecule has 7 nitrogen and oxygen atoms in total. The quantitative estimate of drug-likeness (QED) is 0.571. The van der Waals surface area contributed by atoms with Crippen molar-refractivity contribution in [3.05, 3.63) is 12.3 Å². The number of carbonyl (C=O) groups is 1. The number of thioether (sulfide) groups is 1. The summed E-state index contributed by atoms with van der Waals surface area (Å²) in [5.74, 6) is 0.519. The molecule has 20 heavy (non-hydrogen) atoms. The highest BCUT2D eigenvalue weighted by molar-refractivity contribution is 8.01. The van der Waals surface area contributed by atoms with E-state index in [4.69, 9.17) is 0 Å². The van der Waals surface area contributed by atoms with Gasteiger partial charge in [0.05, 0.1) is 5.75 Å². The van der Waals surface area contributed by atoms with Gasteiger partial charge < -0.3 is 15.2 Å². The Morgan fingerprint density at radius 1 is 1.50 bits per heavy atom. The van der Waals surface area contributed by atoms with Crippen LogP contribution in [0.4, 0.5) is 10.9 Å². The first-order valence-electron chi connectivity index (χ1n) is 6.18. The fourth-order valence-corrected chi connectivity index (χ4v) is 2.87. The zero-order valence-electron chi connectivity index (χ0n) is 11.0. The van der Waals surface area contributed by atoms with E-state index in [9.17, 15) is 4.79 Å². The summed E-state index contributed by atoms with van der Waals surface area (Å²) in [6.45, 7) is 3.03. The minimum atomic E-state index is -0.153. The average Bonchev–Trinajstić information content (AvgIpc) is 3.08. The maximum Gasteiger partial charge on any atom is 0.236 e. The van der Waals surface area contributed by atoms with Crippen LogP contribution >= 0.6 is 23.1 Å². The largest absolute Gasteiger partial charge is 0.363 e. The van der Waals surface area contributed by atoms with Gasteiger partial charge in [-0.15, -0.1) is 10.2 Å². The molecule has 0 fully saturated rings. The van der Waals surface area contributed by atoms with Crippen molar-refractivity contribution in [2.45, 2.75) is 24.1 Å². The van der Waals surface area contributed by atoms with E-state index in [0.717, 1.165) is 28.9 Å². The smallest absolute Gasteiger partial charge is 0.236 e. The van der Waals surface area contributed by atoms with E-state index in [1.54, 1.807) is 6.07 Å². The van der Waals surface area contributed by atoms with Gasteiger partial charge in [0, 0.05) is 12.6 Å². The molecule has 0 saturated carbocycles. The Kier molecular flexibility index (Phi) is 5.81. The van der Waals surface area contributed by atoms with Gasteiger partial charge in [-0.3, -0.25) is 4.79 Å². The Morgan fingerprint density at radius 3 is 3.15 bits per heavy atom. The van der Waals surface area contributed by atoms with Gasteiger partial charge in [0.15, 0.2) is 10.2 Å². The molecule has 0 bridgehead atoms. The van der Waals surface area contributed by atoms with Gasteiger partial charge in [-0.25, -0.2) is 0 Å². The predicted octanol–water partition coefficient (Wildman–Crippen LogP) is 2.47. The standard InChI is InChI=1S/C11H15N5O2S2/c1-2-3-5-12-10-14-15-11(20-10)19-7-9(17)13-8-4-6-18-16-8/h4,6H,2-3,5,7H2,1H3,(H,12,14)(H,13,16,17). The third kappa shape index (κ3) is 4.82. The zero-order chi connectivity index (χ0) is 14.2. The molecule has 1 amide bonds. The van der Waals surface area contributed by atoms with Crippen LogP contribution in [-0.2, 0) is 4.79 Å². The van der Waals surface area contributed by atoms with Gasteiger partial charge in [-0.1, -0.05) is 41.6 Å². The molecule has 0 aliphatic heterocycles. The maximum absolute atomic E-state index is 11.6. The normalized spacial score (nSPS) is 10.4. The molecule has 0 saturated heterocycles. The fraction of sp³-hybridized carbons (Fsp3) is 0.455. The topological polar surface area (TPSA) is 92.9 Å². The lowest BCUT2D eigenvalue weighted by Crippen LogP contribution is -2.14. The first-order valence-corrected chi connectivity index (χ1v) is 7.98. The van der Waals surface area contributed by atoms with E-state index in [2.05, 4.69) is 37.4 Å². The fourth-order valence-electron chi connectivity index (χ4n) is 1.29. The molecular formula is C11H15N5O2S2. The number of nitrogens with zero attached hydrogens (tertiary/aromatic N) is 3. The van der Waals surface area contributed by atoms with Gasteiger partial charge >= 0.3 is 0 Å². The van der Waals surface area contributed by atoms with Crippen LogP contribution in [0.15, 0.2) is 21.2 Å². The number of aromatic nitrogens is 3. The molecule has 0 atom stereocenters. The highest BCUT2D eigenvalue weighted by Gasteiger charge is 2.09. The van der Waals surface area contributed by atoms with Crippen molar-refractivity contribution in [2.75, 3.05) is 22.9 Å². The van der Waals surface area contributed by atoms with E-state index >= 15 is 0 Å². The number of rotatable bonds is 8. The lowest BCUT2D eigenvalue weighted by Gasteiger charge is -1.99. The first-order chi connectivity index (χ1) is 9.78. The summed E-state index contributed by atoms with van der Waals surface area (Å²) in [7, 11) is 0. The second-order valence-electron chi connectivity index (χ2n) is 3.87. The SMILES string of the molecule is CCCCNc1nnc(SCC(=O)Nc2ccon2)s1. The average molecular weight is 313 g/mol. The third-order valence-corrected chi connectivity index (χ3v) is 4.26. The van der Waals surface area contributed by atoms with Crippen LogP contribution in [0.5, 0.6) is 0 Å². The summed E-state index contributed by atoms with van der Waals surface area (Å²) < 4.78 is 5.39. The molecule has 0 aromatic carbocycles. The number of hydrogen-bond donors (Lipinski definition) is 2. The number of carbonyl (C=O) groups excluding carboxylic acids is 1. The molecule has 2 heterocycles. The molecule has 108 valence electrons. The molecule has 9 heteroatoms. The molecule has 2 aromatic rings. The van der Waals surface area contributed by atoms with E-state index in [0.29, 0.717) is 5.82 Å². The molecule has 0 unspecified atom stereocenters. The van der Waals surface area contributed by atoms with Crippen molar-refractivity contribution < 1.29 is 9.32 Å². The van der Waals surface area contributed by atoms with E-state index in [-0.39, 0.29) is 11.7 Å². The number of unbranched alkanes of at least 4 members (excludes halogenated alkanes) is 1. The first kappa shape index (κ1) is 14.8. The molecule has 0 spiro atoms. The summed E-state index contributed by atoms with van der Waals surface area (Å²) >= 11 is 2.79. The summed E-state index contributed by atoms with van der Waals surface area (Å²) in [5, 5.41) is 18.2. The van der Waals surface area contributed by atoms with Crippen LogP contribution in [0, 0.1) is 0 Å². The summed E-state index contributed by atoms with van der Waals surface area (Å²) in [6.07, 6.45) is 3.64. The van der Waals surface area contributed by atoms with Gasteiger partial charge in [0.1, 0.15) is 6.26 Å². The van der Waals surface area contributed by atoms with Gasteiger partial charge in [0.25, 0.3) is 0 Å². The number of hydrogen-bond acceptors (Lipinski definition) is 8. The molecule has 0 radical (unpaired) electrons. The zero-order valence-corrected chi connectivity index (χ0v) is 12.6. The van der Waals surface area contributed by atoms with Crippen molar-refractivity contribution in [2.24, 2.45) is 0 Å². The molecular weight excluding hydrogens is 298 g/mol. The second-order valence-corrected chi connectivity index (χ2v) is 6.07. The minimum absolute atomic E-state index is 0.153. The summed E-state index contributed by atoms with van der Waals surface area (Å²) in [6, 6.07) is 1.59. The number of anilines is 2. The highest BCUT2D eigenvalue weighted by Crippen LogP contribution is 2.25. The summed E-state index contributed by atoms with van der Waals surface area (Å²) in [5.41, 5.74) is 0. The van der Waals surface area contributed by atoms with Crippen molar-refractivity contribution in [1.29, 1.82) is 0 Å². The van der Waals surface area contributed by atoms with E-state index in [1.807, 2.05) is 0 Å². The Balaban J connectivity index is 1.72. The molecule has 2 aromatic heterocycles. The second kappa shape index (κ2) is 7.85. The van der Waals surface area contributed by atoms with Crippen LogP contribution in [0.3, 0.4) is 0 Å².